The maximum Gasteiger partial charge on any atom is 0.252 e. The minimum absolute atomic E-state index is 0.157. The topological polar surface area (TPSA) is 66.5 Å². The second-order valence-corrected chi connectivity index (χ2v) is 9.70. The van der Waals surface area contributed by atoms with Gasteiger partial charge in [-0.05, 0) is 42.5 Å². The van der Waals surface area contributed by atoms with Gasteiger partial charge in [0, 0.05) is 18.1 Å². The number of benzene rings is 1. The molecule has 0 aliphatic carbocycles. The highest BCUT2D eigenvalue weighted by Gasteiger charge is 2.33. The predicted molar refractivity (Wildman–Crippen MR) is 101 cm³/mol. The summed E-state index contributed by atoms with van der Waals surface area (Å²) in [5, 5.41) is 5.33. The van der Waals surface area contributed by atoms with E-state index >= 15 is 0 Å². The van der Waals surface area contributed by atoms with Crippen LogP contribution in [0.25, 0.3) is 0 Å². The second kappa shape index (κ2) is 7.63. The van der Waals surface area contributed by atoms with E-state index in [1.807, 2.05) is 0 Å². The number of thiophene rings is 1. The van der Waals surface area contributed by atoms with E-state index in [4.69, 9.17) is 23.2 Å². The molecular formula is C16H16Cl2N2O3S2. The molecule has 25 heavy (non-hydrogen) atoms. The molecule has 1 saturated heterocycles. The Morgan fingerprint density at radius 2 is 2.08 bits per heavy atom. The molecule has 1 aromatic heterocycles. The van der Waals surface area contributed by atoms with Crippen LogP contribution >= 0.6 is 34.5 Å². The van der Waals surface area contributed by atoms with Gasteiger partial charge in [0.25, 0.3) is 10.0 Å². The molecule has 1 aromatic carbocycles. The minimum atomic E-state index is -3.55. The molecule has 0 radical (unpaired) electrons. The first-order chi connectivity index (χ1) is 11.9. The molecule has 0 spiro atoms. The normalized spacial score (nSPS) is 18.9. The summed E-state index contributed by atoms with van der Waals surface area (Å²) >= 11 is 13.2. The van der Waals surface area contributed by atoms with E-state index in [0.717, 1.165) is 0 Å². The molecule has 1 aliphatic rings. The van der Waals surface area contributed by atoms with E-state index in [2.05, 4.69) is 5.32 Å². The van der Waals surface area contributed by atoms with Crippen LogP contribution in [0.1, 0.15) is 12.8 Å². The standard InChI is InChI=1S/C16H16Cl2N2O3S2/c17-12-5-6-13(18)14(9-12)19-16(21)11-3-1-7-20(10-11)25(22,23)15-4-2-8-24-15/h2,4-6,8-9,11H,1,3,7,10H2,(H,19,21)/t11-/m1/s1. The summed E-state index contributed by atoms with van der Waals surface area (Å²) in [4.78, 5) is 12.6. The Morgan fingerprint density at radius 1 is 1.28 bits per heavy atom. The third-order valence-corrected chi connectivity index (χ3v) is 7.83. The molecule has 134 valence electrons. The van der Waals surface area contributed by atoms with Crippen LogP contribution in [0.3, 0.4) is 0 Å². The van der Waals surface area contributed by atoms with Crippen LogP contribution in [0.5, 0.6) is 0 Å². The molecule has 0 bridgehead atoms. The van der Waals surface area contributed by atoms with E-state index in [1.165, 1.54) is 15.6 Å². The average molecular weight is 419 g/mol. The number of hydrogen-bond acceptors (Lipinski definition) is 4. The Balaban J connectivity index is 1.73. The number of carbonyl (C=O) groups is 1. The molecule has 5 nitrogen and oxygen atoms in total. The smallest absolute Gasteiger partial charge is 0.252 e. The Labute approximate surface area is 160 Å². The van der Waals surface area contributed by atoms with Gasteiger partial charge in [0.05, 0.1) is 16.6 Å². The summed E-state index contributed by atoms with van der Waals surface area (Å²) in [6.45, 7) is 0.576. The number of sulfonamides is 1. The van der Waals surface area contributed by atoms with Crippen LogP contribution in [0, 0.1) is 5.92 Å². The first-order valence-corrected chi connectivity index (χ1v) is 10.7. The molecule has 0 unspecified atom stereocenters. The SMILES string of the molecule is O=C(Nc1cc(Cl)ccc1Cl)[C@@H]1CCCN(S(=O)(=O)c2cccs2)C1. The Morgan fingerprint density at radius 3 is 2.80 bits per heavy atom. The van der Waals surface area contributed by atoms with Gasteiger partial charge in [0.1, 0.15) is 4.21 Å². The summed E-state index contributed by atoms with van der Waals surface area (Å²) in [5.41, 5.74) is 0.428. The molecular weight excluding hydrogens is 403 g/mol. The van der Waals surface area contributed by atoms with Gasteiger partial charge in [-0.25, -0.2) is 8.42 Å². The van der Waals surface area contributed by atoms with Crippen molar-refractivity contribution in [3.8, 4) is 0 Å². The highest BCUT2D eigenvalue weighted by molar-refractivity contribution is 7.91. The number of rotatable bonds is 4. The monoisotopic (exact) mass is 418 g/mol. The highest BCUT2D eigenvalue weighted by atomic mass is 35.5. The third-order valence-electron chi connectivity index (χ3n) is 4.03. The number of amides is 1. The first kappa shape index (κ1) is 18.7. The zero-order chi connectivity index (χ0) is 18.0. The van der Waals surface area contributed by atoms with Crippen molar-refractivity contribution in [3.63, 3.8) is 0 Å². The third kappa shape index (κ3) is 4.17. The van der Waals surface area contributed by atoms with Crippen LogP contribution in [0.2, 0.25) is 10.0 Å². The molecule has 0 saturated carbocycles. The van der Waals surface area contributed by atoms with Crippen LogP contribution in [0.4, 0.5) is 5.69 Å². The van der Waals surface area contributed by atoms with Crippen molar-refractivity contribution in [2.75, 3.05) is 18.4 Å². The zero-order valence-corrected chi connectivity index (χ0v) is 16.3. The Kier molecular flexibility index (Phi) is 5.70. The zero-order valence-electron chi connectivity index (χ0n) is 13.1. The number of nitrogens with zero attached hydrogens (tertiary/aromatic N) is 1. The predicted octanol–water partition coefficient (Wildman–Crippen LogP) is 4.09. The lowest BCUT2D eigenvalue weighted by molar-refractivity contribution is -0.120. The maximum absolute atomic E-state index is 12.6. The molecule has 2 heterocycles. The van der Waals surface area contributed by atoms with Crippen molar-refractivity contribution < 1.29 is 13.2 Å². The van der Waals surface area contributed by atoms with E-state index in [0.29, 0.717) is 39.3 Å². The number of piperidine rings is 1. The van der Waals surface area contributed by atoms with Gasteiger partial charge in [0.15, 0.2) is 0 Å². The van der Waals surface area contributed by atoms with Crippen LogP contribution < -0.4 is 5.32 Å². The van der Waals surface area contributed by atoms with E-state index in [-0.39, 0.29) is 12.5 Å². The van der Waals surface area contributed by atoms with E-state index in [1.54, 1.807) is 35.7 Å². The average Bonchev–Trinajstić information content (AvgIpc) is 3.13. The van der Waals surface area contributed by atoms with Crippen molar-refractivity contribution in [2.24, 2.45) is 5.92 Å². The minimum Gasteiger partial charge on any atom is -0.324 e. The van der Waals surface area contributed by atoms with Gasteiger partial charge in [0.2, 0.25) is 5.91 Å². The van der Waals surface area contributed by atoms with Crippen LogP contribution in [-0.4, -0.2) is 31.7 Å². The van der Waals surface area contributed by atoms with Gasteiger partial charge in [-0.1, -0.05) is 29.3 Å². The Hall–Kier alpha value is -1.12. The molecule has 3 rings (SSSR count). The van der Waals surface area contributed by atoms with Gasteiger partial charge in [-0.15, -0.1) is 11.3 Å². The number of hydrogen-bond donors (Lipinski definition) is 1. The number of halogens is 2. The van der Waals surface area contributed by atoms with Crippen molar-refractivity contribution in [2.45, 2.75) is 17.1 Å². The molecule has 1 atom stereocenters. The summed E-state index contributed by atoms with van der Waals surface area (Å²) < 4.78 is 27.0. The fraction of sp³-hybridized carbons (Fsp3) is 0.312. The maximum atomic E-state index is 12.6. The lowest BCUT2D eigenvalue weighted by Crippen LogP contribution is -2.43. The number of nitrogens with one attached hydrogen (secondary N) is 1. The van der Waals surface area contributed by atoms with E-state index < -0.39 is 15.9 Å². The summed E-state index contributed by atoms with van der Waals surface area (Å²) in [6.07, 6.45) is 1.26. The highest BCUT2D eigenvalue weighted by Crippen LogP contribution is 2.29. The van der Waals surface area contributed by atoms with Crippen LogP contribution in [0.15, 0.2) is 39.9 Å². The van der Waals surface area contributed by atoms with Crippen molar-refractivity contribution in [3.05, 3.63) is 45.8 Å². The largest absolute Gasteiger partial charge is 0.324 e. The number of carbonyl (C=O) groups excluding carboxylic acids is 1. The summed E-state index contributed by atoms with van der Waals surface area (Å²) in [7, 11) is -3.55. The molecule has 9 heteroatoms. The lowest BCUT2D eigenvalue weighted by Gasteiger charge is -2.30. The molecule has 1 fully saturated rings. The molecule has 1 aliphatic heterocycles. The fourth-order valence-electron chi connectivity index (χ4n) is 2.74. The van der Waals surface area contributed by atoms with E-state index in [9.17, 15) is 13.2 Å². The molecule has 1 amide bonds. The fourth-order valence-corrected chi connectivity index (χ4v) is 5.75. The summed E-state index contributed by atoms with van der Waals surface area (Å²) in [5.74, 6) is -0.686. The van der Waals surface area contributed by atoms with Gasteiger partial charge in [-0.3, -0.25) is 4.79 Å². The van der Waals surface area contributed by atoms with Crippen molar-refractivity contribution in [1.29, 1.82) is 0 Å². The quantitative estimate of drug-likeness (QED) is 0.812. The van der Waals surface area contributed by atoms with Gasteiger partial charge < -0.3 is 5.32 Å². The summed E-state index contributed by atoms with van der Waals surface area (Å²) in [6, 6.07) is 8.09. The van der Waals surface area contributed by atoms with Gasteiger partial charge >= 0.3 is 0 Å². The second-order valence-electron chi connectivity index (χ2n) is 5.75. The van der Waals surface area contributed by atoms with Gasteiger partial charge in [-0.2, -0.15) is 4.31 Å². The molecule has 2 aromatic rings. The van der Waals surface area contributed by atoms with Crippen LogP contribution in [-0.2, 0) is 14.8 Å². The first-order valence-electron chi connectivity index (χ1n) is 7.67. The van der Waals surface area contributed by atoms with Crippen molar-refractivity contribution in [1.82, 2.24) is 4.31 Å². The Bertz CT molecular complexity index is 870. The lowest BCUT2D eigenvalue weighted by atomic mass is 9.99. The number of anilines is 1. The van der Waals surface area contributed by atoms with Crippen molar-refractivity contribution >= 4 is 56.2 Å². The molecule has 1 N–H and O–H groups in total.